The Bertz CT molecular complexity index is 1780. The summed E-state index contributed by atoms with van der Waals surface area (Å²) in [4.78, 5) is 78.0. The fraction of sp³-hybridized carbons (Fsp3) is 0.444. The minimum absolute atomic E-state index is 0.0261. The molecule has 1 rings (SSSR count). The van der Waals surface area contributed by atoms with E-state index in [1.54, 1.807) is 12.1 Å². The Morgan fingerprint density at radius 3 is 1.33 bits per heavy atom. The van der Waals surface area contributed by atoms with Crippen molar-refractivity contribution in [3.63, 3.8) is 0 Å². The molecule has 1 aromatic carbocycles. The van der Waals surface area contributed by atoms with Crippen LogP contribution in [-0.4, -0.2) is 114 Å². The van der Waals surface area contributed by atoms with Gasteiger partial charge in [-0.25, -0.2) is 28.8 Å². The molecule has 0 spiro atoms. The van der Waals surface area contributed by atoms with Gasteiger partial charge in [0.05, 0.1) is 25.2 Å². The first-order valence-electron chi connectivity index (χ1n) is 19.1. The summed E-state index contributed by atoms with van der Waals surface area (Å²) in [6.07, 6.45) is 1.38. The predicted molar refractivity (Wildman–Crippen MR) is 225 cm³/mol. The highest BCUT2D eigenvalue weighted by Gasteiger charge is 2.41. The van der Waals surface area contributed by atoms with Crippen molar-refractivity contribution in [2.75, 3.05) is 77.5 Å². The maximum absolute atomic E-state index is 13.0. The second-order valence-electron chi connectivity index (χ2n) is 14.4. The molecule has 0 heterocycles. The van der Waals surface area contributed by atoms with Crippen LogP contribution in [0.15, 0.2) is 90.6 Å². The molecule has 332 valence electrons. The van der Waals surface area contributed by atoms with E-state index in [9.17, 15) is 34.0 Å². The first kappa shape index (κ1) is 52.7. The number of ether oxygens (including phenoxy) is 8. The largest absolute Gasteiger partial charge is 0.461 e. The molecule has 16 heteroatoms. The summed E-state index contributed by atoms with van der Waals surface area (Å²) < 4.78 is 44.7. The number of esters is 6. The number of nitrogens with zero attached hydrogens (tertiary/aromatic N) is 2. The van der Waals surface area contributed by atoms with E-state index in [4.69, 9.17) is 37.9 Å². The van der Waals surface area contributed by atoms with Gasteiger partial charge in [0.1, 0.15) is 51.3 Å². The topological polar surface area (TPSA) is 203 Å². The maximum atomic E-state index is 13.0. The van der Waals surface area contributed by atoms with Crippen molar-refractivity contribution >= 4 is 47.6 Å². The van der Waals surface area contributed by atoms with E-state index in [1.165, 1.54) is 40.7 Å². The number of benzene rings is 1. The van der Waals surface area contributed by atoms with E-state index in [-0.39, 0.29) is 33.4 Å². The van der Waals surface area contributed by atoms with E-state index < -0.39 is 106 Å². The van der Waals surface area contributed by atoms with Gasteiger partial charge in [-0.2, -0.15) is 5.26 Å². The molecule has 0 saturated heterocycles. The summed E-state index contributed by atoms with van der Waals surface area (Å²) in [5, 5.41) is 9.76. The van der Waals surface area contributed by atoms with Crippen LogP contribution in [0, 0.1) is 16.7 Å². The van der Waals surface area contributed by atoms with Crippen molar-refractivity contribution in [3.05, 3.63) is 96.2 Å². The molecule has 0 N–H and O–H groups in total. The minimum atomic E-state index is -1.84. The lowest BCUT2D eigenvalue weighted by molar-refractivity contribution is -0.191. The third-order valence-corrected chi connectivity index (χ3v) is 8.37. The van der Waals surface area contributed by atoms with Crippen molar-refractivity contribution in [1.29, 1.82) is 5.26 Å². The van der Waals surface area contributed by atoms with E-state index in [2.05, 4.69) is 37.8 Å². The molecule has 0 aliphatic rings. The number of carbonyl (C=O) groups excluding carboxylic acids is 6. The summed E-state index contributed by atoms with van der Waals surface area (Å²) in [6, 6.07) is 9.12. The standard InChI is InChI=1S/C45H58N2O14/c1-13-47(14-2)37-17-15-35(16-18-37)21-36(22-46)43(53)55-19-20-61-45(28-59-41(51)33(9)10,29-60-42(52)34(11)12)27-54-23-44(24-56-38(48)30(3)4,25-57-39(49)31(5)6)26-58-40(50)32(7)8/h15-18,21H,3,5,7,9,11,13-14,19-20,23-29H2,1-2,4,6,8,10,12H3. The summed E-state index contributed by atoms with van der Waals surface area (Å²) >= 11 is 0. The van der Waals surface area contributed by atoms with Crippen LogP contribution in [0.5, 0.6) is 0 Å². The van der Waals surface area contributed by atoms with E-state index in [0.29, 0.717) is 5.56 Å². The number of hydrogen-bond donors (Lipinski definition) is 0. The number of nitriles is 1. The minimum Gasteiger partial charge on any atom is -0.461 e. The molecule has 16 nitrogen and oxygen atoms in total. The Morgan fingerprint density at radius 1 is 0.574 bits per heavy atom. The molecule has 0 aliphatic heterocycles. The fourth-order valence-corrected chi connectivity index (χ4v) is 4.76. The van der Waals surface area contributed by atoms with Gasteiger partial charge in [0.15, 0.2) is 5.60 Å². The smallest absolute Gasteiger partial charge is 0.348 e. The second-order valence-corrected chi connectivity index (χ2v) is 14.4. The van der Waals surface area contributed by atoms with Crippen molar-refractivity contribution in [3.8, 4) is 6.07 Å². The third-order valence-electron chi connectivity index (χ3n) is 8.37. The van der Waals surface area contributed by atoms with E-state index in [0.717, 1.165) is 18.8 Å². The molecule has 61 heavy (non-hydrogen) atoms. The highest BCUT2D eigenvalue weighted by Crippen LogP contribution is 2.25. The lowest BCUT2D eigenvalue weighted by atomic mass is 9.91. The number of rotatable bonds is 28. The van der Waals surface area contributed by atoms with Gasteiger partial charge in [0.2, 0.25) is 0 Å². The summed E-state index contributed by atoms with van der Waals surface area (Å²) in [5.74, 6) is -5.05. The number of carbonyl (C=O) groups is 6. The number of anilines is 1. The van der Waals surface area contributed by atoms with Crippen LogP contribution in [0.3, 0.4) is 0 Å². The van der Waals surface area contributed by atoms with E-state index in [1.807, 2.05) is 32.0 Å². The zero-order valence-corrected chi connectivity index (χ0v) is 36.3. The van der Waals surface area contributed by atoms with Gasteiger partial charge in [-0.1, -0.05) is 45.0 Å². The van der Waals surface area contributed by atoms with Crippen molar-refractivity contribution in [1.82, 2.24) is 0 Å². The zero-order valence-electron chi connectivity index (χ0n) is 36.3. The summed E-state index contributed by atoms with van der Waals surface area (Å²) in [6.45, 7) is 25.9. The van der Waals surface area contributed by atoms with Gasteiger partial charge in [0.25, 0.3) is 0 Å². The maximum Gasteiger partial charge on any atom is 0.348 e. The van der Waals surface area contributed by atoms with Crippen LogP contribution in [0.4, 0.5) is 5.69 Å². The van der Waals surface area contributed by atoms with Gasteiger partial charge in [-0.3, -0.25) is 0 Å². The molecule has 0 bridgehead atoms. The molecule has 0 amide bonds. The predicted octanol–water partition coefficient (Wildman–Crippen LogP) is 5.34. The summed E-state index contributed by atoms with van der Waals surface area (Å²) in [5.41, 5.74) is -1.97. The fourth-order valence-electron chi connectivity index (χ4n) is 4.76. The van der Waals surface area contributed by atoms with Gasteiger partial charge in [0, 0.05) is 46.6 Å². The Kier molecular flexibility index (Phi) is 22.5. The highest BCUT2D eigenvalue weighted by atomic mass is 16.6. The normalized spacial score (nSPS) is 11.2. The first-order chi connectivity index (χ1) is 28.6. The molecular formula is C45H58N2O14. The zero-order chi connectivity index (χ0) is 46.3. The first-order valence-corrected chi connectivity index (χ1v) is 19.1. The van der Waals surface area contributed by atoms with E-state index >= 15 is 0 Å². The van der Waals surface area contributed by atoms with Crippen LogP contribution in [0.25, 0.3) is 6.08 Å². The monoisotopic (exact) mass is 850 g/mol. The Labute approximate surface area is 358 Å². The third kappa shape index (κ3) is 18.7. The van der Waals surface area contributed by atoms with Crippen LogP contribution >= 0.6 is 0 Å². The van der Waals surface area contributed by atoms with Gasteiger partial charge in [-0.15, -0.1) is 0 Å². The molecule has 0 aliphatic carbocycles. The Morgan fingerprint density at radius 2 is 0.967 bits per heavy atom. The number of hydrogen-bond acceptors (Lipinski definition) is 16. The molecule has 0 unspecified atom stereocenters. The molecule has 0 saturated carbocycles. The molecule has 0 radical (unpaired) electrons. The lowest BCUT2D eigenvalue weighted by Crippen LogP contribution is -2.50. The van der Waals surface area contributed by atoms with Crippen molar-refractivity contribution < 1.29 is 66.7 Å². The van der Waals surface area contributed by atoms with Gasteiger partial charge < -0.3 is 42.8 Å². The quantitative estimate of drug-likeness (QED) is 0.0343. The van der Waals surface area contributed by atoms with Crippen molar-refractivity contribution in [2.45, 2.75) is 54.1 Å². The van der Waals surface area contributed by atoms with Crippen LogP contribution in [-0.2, 0) is 66.7 Å². The second kappa shape index (κ2) is 26.0. The molecule has 0 atom stereocenters. The lowest BCUT2D eigenvalue weighted by Gasteiger charge is -2.36. The molecular weight excluding hydrogens is 792 g/mol. The molecule has 0 fully saturated rings. The Hall–Kier alpha value is -6.31. The van der Waals surface area contributed by atoms with Crippen LogP contribution in [0.1, 0.15) is 54.0 Å². The summed E-state index contributed by atoms with van der Waals surface area (Å²) in [7, 11) is 0. The van der Waals surface area contributed by atoms with Crippen LogP contribution < -0.4 is 4.90 Å². The van der Waals surface area contributed by atoms with Crippen molar-refractivity contribution in [2.24, 2.45) is 5.41 Å². The van der Waals surface area contributed by atoms with Crippen LogP contribution in [0.2, 0.25) is 0 Å². The van der Waals surface area contributed by atoms with Gasteiger partial charge >= 0.3 is 35.8 Å². The Balaban J connectivity index is 3.54. The molecule has 1 aromatic rings. The molecule has 0 aromatic heterocycles. The highest BCUT2D eigenvalue weighted by molar-refractivity contribution is 5.98. The average molecular weight is 851 g/mol. The SMILES string of the molecule is C=C(C)C(=O)OCC(COCC(COC(=O)C(=C)C)(COC(=O)C(=C)C)OCCOC(=O)C(C#N)=Cc1ccc(N(CC)CC)cc1)(COC(=O)C(=C)C)COC(=O)C(=C)C. The average Bonchev–Trinajstić information content (AvgIpc) is 3.22. The van der Waals surface area contributed by atoms with Gasteiger partial charge in [-0.05, 0) is 72.2 Å².